The smallest absolute Gasteiger partial charge is 0.316 e. The molecule has 0 aliphatic carbocycles. The Morgan fingerprint density at radius 1 is 1.08 bits per heavy atom. The second-order valence-electron chi connectivity index (χ2n) is 5.79. The first kappa shape index (κ1) is 16.6. The number of carbonyl (C=O) groups excluding carboxylic acids is 1. The molecule has 8 heteroatoms. The highest BCUT2D eigenvalue weighted by atomic mass is 32.2. The number of nitrogens with zero attached hydrogens (tertiary/aromatic N) is 3. The van der Waals surface area contributed by atoms with Crippen LogP contribution in [0.2, 0.25) is 0 Å². The van der Waals surface area contributed by atoms with E-state index in [1.165, 1.54) is 12.1 Å². The minimum atomic E-state index is -3.57. The summed E-state index contributed by atoms with van der Waals surface area (Å²) in [5, 5.41) is 3.65. The van der Waals surface area contributed by atoms with Gasteiger partial charge in [0.15, 0.2) is 15.7 Å². The third-order valence-electron chi connectivity index (χ3n) is 3.97. The van der Waals surface area contributed by atoms with E-state index >= 15 is 0 Å². The van der Waals surface area contributed by atoms with Crippen molar-refractivity contribution in [1.29, 1.82) is 0 Å². The molecule has 0 atom stereocenters. The maximum Gasteiger partial charge on any atom is 0.316 e. The Labute approximate surface area is 140 Å². The molecule has 24 heavy (non-hydrogen) atoms. The molecular weight excluding hydrogens is 330 g/mol. The van der Waals surface area contributed by atoms with Crippen LogP contribution in [0.1, 0.15) is 42.2 Å². The van der Waals surface area contributed by atoms with Gasteiger partial charge in [0.05, 0.1) is 4.90 Å². The maximum atomic E-state index is 12.4. The molecule has 2 aromatic rings. The molecule has 128 valence electrons. The van der Waals surface area contributed by atoms with Crippen LogP contribution in [-0.4, -0.2) is 42.5 Å². The average molecular weight is 349 g/mol. The van der Waals surface area contributed by atoms with E-state index in [9.17, 15) is 13.2 Å². The Morgan fingerprint density at radius 2 is 1.75 bits per heavy atom. The van der Waals surface area contributed by atoms with Gasteiger partial charge in [-0.2, -0.15) is 4.98 Å². The molecular formula is C16H19N3O4S. The first-order valence-corrected chi connectivity index (χ1v) is 9.61. The van der Waals surface area contributed by atoms with Crippen molar-refractivity contribution in [1.82, 2.24) is 15.0 Å². The van der Waals surface area contributed by atoms with Gasteiger partial charge in [0.25, 0.3) is 0 Å². The number of amides is 1. The van der Waals surface area contributed by atoms with E-state index in [1.54, 1.807) is 23.1 Å². The molecule has 0 N–H and O–H groups in total. The highest BCUT2D eigenvalue weighted by Crippen LogP contribution is 2.16. The predicted octanol–water partition coefficient (Wildman–Crippen LogP) is 2.06. The molecule has 3 rings (SSSR count). The number of carbonyl (C=O) groups is 1. The maximum absolute atomic E-state index is 12.4. The number of hydrogen-bond acceptors (Lipinski definition) is 6. The summed E-state index contributed by atoms with van der Waals surface area (Å²) in [7, 11) is -3.57. The number of likely N-dealkylation sites (tertiary alicyclic amines) is 1. The minimum absolute atomic E-state index is 0.00275. The van der Waals surface area contributed by atoms with Gasteiger partial charge in [0, 0.05) is 13.1 Å². The molecule has 0 unspecified atom stereocenters. The van der Waals surface area contributed by atoms with Gasteiger partial charge in [-0.25, -0.2) is 8.42 Å². The molecule has 7 nitrogen and oxygen atoms in total. The zero-order valence-electron chi connectivity index (χ0n) is 13.2. The summed E-state index contributed by atoms with van der Waals surface area (Å²) < 4.78 is 29.6. The van der Waals surface area contributed by atoms with E-state index in [-0.39, 0.29) is 22.5 Å². The summed E-state index contributed by atoms with van der Waals surface area (Å²) >= 11 is 0. The first-order valence-electron chi connectivity index (χ1n) is 7.96. The highest BCUT2D eigenvalue weighted by Gasteiger charge is 2.25. The zero-order valence-corrected chi connectivity index (χ0v) is 14.0. The van der Waals surface area contributed by atoms with E-state index in [0.29, 0.717) is 13.1 Å². The molecule has 1 amide bonds. The van der Waals surface area contributed by atoms with Gasteiger partial charge >= 0.3 is 11.8 Å². The van der Waals surface area contributed by atoms with Crippen LogP contribution in [0.4, 0.5) is 0 Å². The van der Waals surface area contributed by atoms with Crippen molar-refractivity contribution in [3.63, 3.8) is 0 Å². The summed E-state index contributed by atoms with van der Waals surface area (Å²) in [6, 6.07) is 8.07. The third-order valence-corrected chi connectivity index (χ3v) is 5.59. The van der Waals surface area contributed by atoms with Crippen LogP contribution in [0.3, 0.4) is 0 Å². The Hall–Kier alpha value is -2.22. The fourth-order valence-corrected chi connectivity index (χ4v) is 3.89. The fraction of sp³-hybridized carbons (Fsp3) is 0.438. The van der Waals surface area contributed by atoms with Crippen LogP contribution in [0.5, 0.6) is 0 Å². The molecule has 0 radical (unpaired) electrons. The normalized spacial score (nSPS) is 15.9. The van der Waals surface area contributed by atoms with Gasteiger partial charge in [-0.3, -0.25) is 4.79 Å². The first-order chi connectivity index (χ1) is 11.6. The topological polar surface area (TPSA) is 93.4 Å². The number of aromatic nitrogens is 2. The summed E-state index contributed by atoms with van der Waals surface area (Å²) in [6.07, 6.45) is 4.12. The van der Waals surface area contributed by atoms with Crippen molar-refractivity contribution in [2.24, 2.45) is 0 Å². The standard InChI is InChI=1S/C16H19N3O4S/c20-16(19-10-6-1-2-7-11-19)15-17-14(18-23-15)12-24(21,22)13-8-4-3-5-9-13/h3-5,8-9H,1-2,6-7,10-12H2. The average Bonchev–Trinajstić information content (AvgIpc) is 2.87. The lowest BCUT2D eigenvalue weighted by Crippen LogP contribution is -2.32. The summed E-state index contributed by atoms with van der Waals surface area (Å²) in [4.78, 5) is 18.2. The van der Waals surface area contributed by atoms with Gasteiger partial charge in [-0.1, -0.05) is 36.2 Å². The van der Waals surface area contributed by atoms with Crippen LogP contribution in [-0.2, 0) is 15.6 Å². The van der Waals surface area contributed by atoms with E-state index < -0.39 is 15.6 Å². The lowest BCUT2D eigenvalue weighted by atomic mass is 10.2. The monoisotopic (exact) mass is 349 g/mol. The lowest BCUT2D eigenvalue weighted by Gasteiger charge is -2.17. The van der Waals surface area contributed by atoms with Gasteiger partial charge in [-0.15, -0.1) is 0 Å². The van der Waals surface area contributed by atoms with Crippen molar-refractivity contribution < 1.29 is 17.7 Å². The van der Waals surface area contributed by atoms with Crippen LogP contribution in [0.15, 0.2) is 39.8 Å². The second kappa shape index (κ2) is 7.12. The molecule has 0 saturated carbocycles. The van der Waals surface area contributed by atoms with Crippen LogP contribution >= 0.6 is 0 Å². The van der Waals surface area contributed by atoms with Gasteiger partial charge < -0.3 is 9.42 Å². The van der Waals surface area contributed by atoms with E-state index in [2.05, 4.69) is 10.1 Å². The number of sulfone groups is 1. The highest BCUT2D eigenvalue weighted by molar-refractivity contribution is 7.90. The van der Waals surface area contributed by atoms with Crippen molar-refractivity contribution in [3.8, 4) is 0 Å². The SMILES string of the molecule is O=C(c1nc(CS(=O)(=O)c2ccccc2)no1)N1CCCCCC1. The van der Waals surface area contributed by atoms with E-state index in [0.717, 1.165) is 25.7 Å². The van der Waals surface area contributed by atoms with Gasteiger partial charge in [0.2, 0.25) is 0 Å². The van der Waals surface area contributed by atoms with Crippen molar-refractivity contribution >= 4 is 15.7 Å². The summed E-state index contributed by atoms with van der Waals surface area (Å²) in [5.74, 6) is -0.867. The molecule has 1 fully saturated rings. The molecule has 1 saturated heterocycles. The van der Waals surface area contributed by atoms with E-state index in [1.807, 2.05) is 0 Å². The number of hydrogen-bond donors (Lipinski definition) is 0. The lowest BCUT2D eigenvalue weighted by molar-refractivity contribution is 0.0711. The quantitative estimate of drug-likeness (QED) is 0.839. The van der Waals surface area contributed by atoms with Crippen LogP contribution < -0.4 is 0 Å². The Balaban J connectivity index is 1.72. The molecule has 2 heterocycles. The summed E-state index contributed by atoms with van der Waals surface area (Å²) in [5.41, 5.74) is 0. The Kier molecular flexibility index (Phi) is 4.94. The van der Waals surface area contributed by atoms with Crippen molar-refractivity contribution in [2.45, 2.75) is 36.3 Å². The predicted molar refractivity (Wildman–Crippen MR) is 86.0 cm³/mol. The van der Waals surface area contributed by atoms with Crippen molar-refractivity contribution in [2.75, 3.05) is 13.1 Å². The Bertz CT molecular complexity index is 794. The van der Waals surface area contributed by atoms with Crippen molar-refractivity contribution in [3.05, 3.63) is 42.0 Å². The molecule has 0 spiro atoms. The van der Waals surface area contributed by atoms with Crippen LogP contribution in [0.25, 0.3) is 0 Å². The third kappa shape index (κ3) is 3.81. The molecule has 0 bridgehead atoms. The van der Waals surface area contributed by atoms with E-state index in [4.69, 9.17) is 4.52 Å². The number of rotatable bonds is 4. The minimum Gasteiger partial charge on any atom is -0.334 e. The molecule has 1 aliphatic rings. The molecule has 1 aliphatic heterocycles. The molecule has 1 aromatic carbocycles. The second-order valence-corrected chi connectivity index (χ2v) is 7.78. The summed E-state index contributed by atoms with van der Waals surface area (Å²) in [6.45, 7) is 1.33. The van der Waals surface area contributed by atoms with Gasteiger partial charge in [-0.05, 0) is 25.0 Å². The van der Waals surface area contributed by atoms with Gasteiger partial charge in [0.1, 0.15) is 5.75 Å². The number of benzene rings is 1. The van der Waals surface area contributed by atoms with Crippen LogP contribution in [0, 0.1) is 0 Å². The molecule has 1 aromatic heterocycles. The largest absolute Gasteiger partial charge is 0.334 e. The fourth-order valence-electron chi connectivity index (χ4n) is 2.69. The Morgan fingerprint density at radius 3 is 2.42 bits per heavy atom. The zero-order chi connectivity index (χ0) is 17.0.